The Morgan fingerprint density at radius 1 is 1.44 bits per heavy atom. The van der Waals surface area contributed by atoms with Crippen LogP contribution in [0.25, 0.3) is 0 Å². The first-order chi connectivity index (χ1) is 8.43. The van der Waals surface area contributed by atoms with Crippen LogP contribution in [0.5, 0.6) is 0 Å². The minimum atomic E-state index is -3.71. The Hall–Kier alpha value is -0.740. The summed E-state index contributed by atoms with van der Waals surface area (Å²) in [7, 11) is -3.71. The predicted octanol–water partition coefficient (Wildman–Crippen LogP) is 1.33. The molecule has 0 amide bonds. The van der Waals surface area contributed by atoms with Crippen molar-refractivity contribution in [1.29, 1.82) is 0 Å². The zero-order valence-corrected chi connectivity index (χ0v) is 11.4. The number of hydrogen-bond acceptors (Lipinski definition) is 6. The molecule has 2 heterocycles. The van der Waals surface area contributed by atoms with E-state index < -0.39 is 14.9 Å². The molecule has 100 valence electrons. The molecule has 1 fully saturated rings. The zero-order valence-electron chi connectivity index (χ0n) is 9.04. The van der Waals surface area contributed by atoms with Crippen LogP contribution < -0.4 is 0 Å². The molecule has 18 heavy (non-hydrogen) atoms. The molecule has 0 spiro atoms. The lowest BCUT2D eigenvalue weighted by molar-refractivity contribution is -0.384. The lowest BCUT2D eigenvalue weighted by Crippen LogP contribution is -2.40. The molecule has 1 aliphatic heterocycles. The van der Waals surface area contributed by atoms with E-state index in [-0.39, 0.29) is 27.3 Å². The molecule has 0 aromatic carbocycles. The molecule has 1 saturated heterocycles. The van der Waals surface area contributed by atoms with E-state index in [1.54, 1.807) is 0 Å². The molecule has 2 rings (SSSR count). The summed E-state index contributed by atoms with van der Waals surface area (Å²) in [6, 6.07) is 0.998. The number of rotatable bonds is 3. The number of nitro groups is 1. The van der Waals surface area contributed by atoms with Gasteiger partial charge in [-0.2, -0.15) is 4.31 Å². The van der Waals surface area contributed by atoms with Crippen LogP contribution in [0.2, 0.25) is 4.34 Å². The van der Waals surface area contributed by atoms with E-state index in [2.05, 4.69) is 0 Å². The molecule has 0 radical (unpaired) electrons. The highest BCUT2D eigenvalue weighted by Gasteiger charge is 2.31. The van der Waals surface area contributed by atoms with Crippen molar-refractivity contribution in [3.63, 3.8) is 0 Å². The van der Waals surface area contributed by atoms with Gasteiger partial charge in [-0.3, -0.25) is 10.1 Å². The fraction of sp³-hybridized carbons (Fsp3) is 0.500. The van der Waals surface area contributed by atoms with Gasteiger partial charge in [0.05, 0.1) is 18.1 Å². The summed E-state index contributed by atoms with van der Waals surface area (Å²) in [4.78, 5) is 9.94. The maximum atomic E-state index is 12.2. The molecule has 1 aromatic rings. The van der Waals surface area contributed by atoms with Gasteiger partial charge in [0.25, 0.3) is 15.7 Å². The molecule has 0 aliphatic carbocycles. The molecule has 1 aliphatic rings. The SMILES string of the molecule is O=[N+]([O-])c1cc(S(=O)(=O)N2CCOCC2)sc1Cl. The maximum Gasteiger partial charge on any atom is 0.300 e. The van der Waals surface area contributed by atoms with Gasteiger partial charge in [-0.05, 0) is 0 Å². The first-order valence-corrected chi connectivity index (χ1v) is 7.58. The quantitative estimate of drug-likeness (QED) is 0.620. The Labute approximate surface area is 112 Å². The third kappa shape index (κ3) is 2.50. The highest BCUT2D eigenvalue weighted by molar-refractivity contribution is 7.91. The molecule has 0 N–H and O–H groups in total. The number of morpholine rings is 1. The standard InChI is InChI=1S/C8H9ClN2O5S2/c9-8-6(11(12)13)5-7(17-8)18(14,15)10-1-3-16-4-2-10/h5H,1-4H2. The van der Waals surface area contributed by atoms with Crippen molar-refractivity contribution in [3.8, 4) is 0 Å². The Bertz CT molecular complexity index is 564. The van der Waals surface area contributed by atoms with Crippen molar-refractivity contribution in [2.24, 2.45) is 0 Å². The minimum absolute atomic E-state index is 0.110. The third-order valence-corrected chi connectivity index (χ3v) is 6.09. The van der Waals surface area contributed by atoms with Gasteiger partial charge in [0, 0.05) is 19.2 Å². The van der Waals surface area contributed by atoms with E-state index in [0.29, 0.717) is 24.6 Å². The molecule has 7 nitrogen and oxygen atoms in total. The highest BCUT2D eigenvalue weighted by Crippen LogP contribution is 2.37. The predicted molar refractivity (Wildman–Crippen MR) is 65.6 cm³/mol. The zero-order chi connectivity index (χ0) is 13.3. The fourth-order valence-electron chi connectivity index (χ4n) is 1.50. The van der Waals surface area contributed by atoms with Crippen LogP contribution in [0.1, 0.15) is 0 Å². The number of ether oxygens (including phenoxy) is 1. The lowest BCUT2D eigenvalue weighted by atomic mass is 10.5. The molecule has 0 unspecified atom stereocenters. The second-order valence-electron chi connectivity index (χ2n) is 3.50. The second kappa shape index (κ2) is 5.10. The van der Waals surface area contributed by atoms with E-state index in [1.165, 1.54) is 4.31 Å². The molecule has 10 heteroatoms. The number of sulfonamides is 1. The van der Waals surface area contributed by atoms with Crippen LogP contribution in [0.4, 0.5) is 5.69 Å². The maximum absolute atomic E-state index is 12.2. The second-order valence-corrected chi connectivity index (χ2v) is 7.32. The van der Waals surface area contributed by atoms with Crippen molar-refractivity contribution < 1.29 is 18.1 Å². The topological polar surface area (TPSA) is 89.8 Å². The Morgan fingerprint density at radius 3 is 2.56 bits per heavy atom. The van der Waals surface area contributed by atoms with E-state index in [1.807, 2.05) is 0 Å². The number of hydrogen-bond donors (Lipinski definition) is 0. The van der Waals surface area contributed by atoms with Crippen LogP contribution in [-0.2, 0) is 14.8 Å². The summed E-state index contributed by atoms with van der Waals surface area (Å²) in [5, 5.41) is 10.6. The van der Waals surface area contributed by atoms with Gasteiger partial charge >= 0.3 is 0 Å². The van der Waals surface area contributed by atoms with Crippen molar-refractivity contribution >= 4 is 38.6 Å². The van der Waals surface area contributed by atoms with Crippen LogP contribution in [-0.4, -0.2) is 43.9 Å². The number of nitrogens with zero attached hydrogens (tertiary/aromatic N) is 2. The lowest BCUT2D eigenvalue weighted by Gasteiger charge is -2.25. The van der Waals surface area contributed by atoms with Crippen molar-refractivity contribution in [2.45, 2.75) is 4.21 Å². The van der Waals surface area contributed by atoms with Gasteiger partial charge in [0.15, 0.2) is 4.34 Å². The Balaban J connectivity index is 2.35. The highest BCUT2D eigenvalue weighted by atomic mass is 35.5. The van der Waals surface area contributed by atoms with Gasteiger partial charge in [-0.1, -0.05) is 11.6 Å². The van der Waals surface area contributed by atoms with Crippen LogP contribution in [0.15, 0.2) is 10.3 Å². The van der Waals surface area contributed by atoms with Crippen LogP contribution in [0.3, 0.4) is 0 Å². The summed E-state index contributed by atoms with van der Waals surface area (Å²) in [6.45, 7) is 1.12. The first-order valence-electron chi connectivity index (χ1n) is 4.94. The fourth-order valence-corrected chi connectivity index (χ4v) is 4.73. The number of thiophene rings is 1. The van der Waals surface area contributed by atoms with E-state index in [4.69, 9.17) is 16.3 Å². The summed E-state index contributed by atoms with van der Waals surface area (Å²) >= 11 is 6.35. The number of halogens is 1. The smallest absolute Gasteiger partial charge is 0.300 e. The average Bonchev–Trinajstić information content (AvgIpc) is 2.73. The van der Waals surface area contributed by atoms with Gasteiger partial charge in [0.2, 0.25) is 0 Å². The van der Waals surface area contributed by atoms with E-state index >= 15 is 0 Å². The normalized spacial score (nSPS) is 17.8. The van der Waals surface area contributed by atoms with Gasteiger partial charge in [-0.25, -0.2) is 8.42 Å². The molecule has 0 saturated carbocycles. The van der Waals surface area contributed by atoms with Gasteiger partial charge < -0.3 is 4.74 Å². The van der Waals surface area contributed by atoms with E-state index in [0.717, 1.165) is 6.07 Å². The Kier molecular flexibility index (Phi) is 3.87. The molecular weight excluding hydrogens is 304 g/mol. The third-order valence-electron chi connectivity index (χ3n) is 2.41. The molecule has 0 atom stereocenters. The van der Waals surface area contributed by atoms with Crippen molar-refractivity contribution in [3.05, 3.63) is 20.5 Å². The van der Waals surface area contributed by atoms with Crippen molar-refractivity contribution in [2.75, 3.05) is 26.3 Å². The Morgan fingerprint density at radius 2 is 2.06 bits per heavy atom. The molecular formula is C8H9ClN2O5S2. The van der Waals surface area contributed by atoms with Crippen LogP contribution >= 0.6 is 22.9 Å². The monoisotopic (exact) mass is 312 g/mol. The summed E-state index contributed by atoms with van der Waals surface area (Å²) < 4.78 is 30.4. The summed E-state index contributed by atoms with van der Waals surface area (Å²) in [6.07, 6.45) is 0. The van der Waals surface area contributed by atoms with Crippen LogP contribution in [0, 0.1) is 10.1 Å². The van der Waals surface area contributed by atoms with Gasteiger partial charge in [-0.15, -0.1) is 11.3 Å². The minimum Gasteiger partial charge on any atom is -0.379 e. The van der Waals surface area contributed by atoms with Crippen molar-refractivity contribution in [1.82, 2.24) is 4.31 Å². The summed E-state index contributed by atoms with van der Waals surface area (Å²) in [5.74, 6) is 0. The first kappa shape index (κ1) is 13.7. The van der Waals surface area contributed by atoms with E-state index in [9.17, 15) is 18.5 Å². The largest absolute Gasteiger partial charge is 0.379 e. The molecule has 1 aromatic heterocycles. The average molecular weight is 313 g/mol. The molecule has 0 bridgehead atoms. The van der Waals surface area contributed by atoms with Gasteiger partial charge in [0.1, 0.15) is 4.21 Å². The summed E-state index contributed by atoms with van der Waals surface area (Å²) in [5.41, 5.74) is -0.381.